The van der Waals surface area contributed by atoms with Gasteiger partial charge < -0.3 is 4.74 Å². The van der Waals surface area contributed by atoms with Crippen molar-refractivity contribution in [3.05, 3.63) is 82.6 Å². The molecule has 0 amide bonds. The van der Waals surface area contributed by atoms with Crippen molar-refractivity contribution in [2.24, 2.45) is 5.41 Å². The maximum atomic E-state index is 12.3. The van der Waals surface area contributed by atoms with E-state index in [4.69, 9.17) is 16.3 Å². The van der Waals surface area contributed by atoms with Gasteiger partial charge in [-0.05, 0) is 86.2 Å². The molecule has 2 heterocycles. The number of Topliss-reactive ketones (excluding diaryl/α,β-unsaturated/α-hetero) is 1. The van der Waals surface area contributed by atoms with E-state index in [1.54, 1.807) is 19.2 Å². The Hall–Kier alpha value is -3.13. The zero-order chi connectivity index (χ0) is 24.8. The van der Waals surface area contributed by atoms with Crippen molar-refractivity contribution in [2.45, 2.75) is 33.6 Å². The molecule has 1 fully saturated rings. The second kappa shape index (κ2) is 11.1. The number of carbonyl (C=O) groups is 1. The number of carbonyl (C=O) groups excluding carboxylic acids is 1. The van der Waals surface area contributed by atoms with E-state index >= 15 is 0 Å². The number of likely N-dealkylation sites (tertiary alicyclic amines) is 1. The Labute approximate surface area is 213 Å². The molecule has 3 aromatic rings. The minimum atomic E-state index is -0.0335. The topological polar surface area (TPSA) is 42.4 Å². The molecular weight excluding hydrogens is 456 g/mol. The molecular formula is C30H31ClN2O2. The van der Waals surface area contributed by atoms with Gasteiger partial charge in [0, 0.05) is 28.9 Å². The van der Waals surface area contributed by atoms with Crippen molar-refractivity contribution >= 4 is 17.4 Å². The summed E-state index contributed by atoms with van der Waals surface area (Å²) in [5.74, 6) is 6.79. The van der Waals surface area contributed by atoms with Crippen LogP contribution in [0.2, 0.25) is 5.02 Å². The van der Waals surface area contributed by atoms with Crippen LogP contribution in [-0.2, 0) is 0 Å². The molecule has 5 heteroatoms. The lowest BCUT2D eigenvalue weighted by Crippen LogP contribution is -2.39. The Morgan fingerprint density at radius 1 is 1.03 bits per heavy atom. The van der Waals surface area contributed by atoms with E-state index in [0.717, 1.165) is 36.3 Å². The maximum absolute atomic E-state index is 12.3. The third-order valence-electron chi connectivity index (χ3n) is 6.51. The predicted molar refractivity (Wildman–Crippen MR) is 142 cm³/mol. The fourth-order valence-corrected chi connectivity index (χ4v) is 4.22. The monoisotopic (exact) mass is 486 g/mol. The zero-order valence-corrected chi connectivity index (χ0v) is 21.4. The first kappa shape index (κ1) is 25.0. The summed E-state index contributed by atoms with van der Waals surface area (Å²) in [6, 6.07) is 17.1. The average molecular weight is 487 g/mol. The van der Waals surface area contributed by atoms with Gasteiger partial charge in [0.15, 0.2) is 5.78 Å². The molecule has 0 bridgehead atoms. The smallest absolute Gasteiger partial charge is 0.163 e. The minimum Gasteiger partial charge on any atom is -0.491 e. The van der Waals surface area contributed by atoms with Crippen molar-refractivity contribution in [3.63, 3.8) is 0 Å². The summed E-state index contributed by atoms with van der Waals surface area (Å²) in [4.78, 5) is 19.2. The maximum Gasteiger partial charge on any atom is 0.163 e. The number of halogens is 1. The highest BCUT2D eigenvalue weighted by molar-refractivity contribution is 6.30. The van der Waals surface area contributed by atoms with Crippen molar-refractivity contribution in [2.75, 3.05) is 26.2 Å². The van der Waals surface area contributed by atoms with Crippen molar-refractivity contribution in [3.8, 4) is 28.7 Å². The van der Waals surface area contributed by atoms with Crippen LogP contribution in [0.1, 0.15) is 55.2 Å². The number of ketones is 1. The number of benzene rings is 2. The Morgan fingerprint density at radius 3 is 2.40 bits per heavy atom. The fourth-order valence-electron chi connectivity index (χ4n) is 4.09. The average Bonchev–Trinajstić information content (AvgIpc) is 2.85. The quantitative estimate of drug-likeness (QED) is 0.294. The van der Waals surface area contributed by atoms with Crippen LogP contribution >= 0.6 is 11.6 Å². The van der Waals surface area contributed by atoms with Gasteiger partial charge in [-0.1, -0.05) is 49.6 Å². The first-order valence-electron chi connectivity index (χ1n) is 12.0. The van der Waals surface area contributed by atoms with Crippen LogP contribution in [0, 0.1) is 17.3 Å². The molecule has 1 aliphatic heterocycles. The van der Waals surface area contributed by atoms with Gasteiger partial charge in [-0.2, -0.15) is 0 Å². The van der Waals surface area contributed by atoms with E-state index in [-0.39, 0.29) is 5.78 Å². The summed E-state index contributed by atoms with van der Waals surface area (Å²) in [6.07, 6.45) is 4.21. The molecule has 0 N–H and O–H groups in total. The van der Waals surface area contributed by atoms with Gasteiger partial charge in [-0.15, -0.1) is 0 Å². The van der Waals surface area contributed by atoms with Gasteiger partial charge in [-0.25, -0.2) is 4.98 Å². The van der Waals surface area contributed by atoms with Crippen molar-refractivity contribution in [1.82, 2.24) is 9.88 Å². The van der Waals surface area contributed by atoms with Gasteiger partial charge in [0.05, 0.1) is 5.56 Å². The summed E-state index contributed by atoms with van der Waals surface area (Å²) in [5, 5.41) is 0.705. The summed E-state index contributed by atoms with van der Waals surface area (Å²) in [6.45, 7) is 9.84. The third kappa shape index (κ3) is 6.94. The highest BCUT2D eigenvalue weighted by Crippen LogP contribution is 2.29. The van der Waals surface area contributed by atoms with Crippen molar-refractivity contribution in [1.29, 1.82) is 0 Å². The number of rotatable bonds is 6. The van der Waals surface area contributed by atoms with Crippen LogP contribution in [0.5, 0.6) is 5.75 Å². The number of aromatic nitrogens is 1. The Bertz CT molecular complexity index is 1230. The normalized spacial score (nSPS) is 15.2. The van der Waals surface area contributed by atoms with Crippen LogP contribution in [-0.4, -0.2) is 41.9 Å². The van der Waals surface area contributed by atoms with E-state index in [1.807, 2.05) is 48.5 Å². The lowest BCUT2D eigenvalue weighted by Gasteiger charge is -2.36. The number of ether oxygens (including phenoxy) is 1. The summed E-state index contributed by atoms with van der Waals surface area (Å²) < 4.78 is 6.00. The van der Waals surface area contributed by atoms with Gasteiger partial charge in [0.1, 0.15) is 18.1 Å². The second-order valence-electron chi connectivity index (χ2n) is 9.81. The van der Waals surface area contributed by atoms with Crippen LogP contribution in [0.25, 0.3) is 11.1 Å². The number of hydrogen-bond donors (Lipinski definition) is 0. The molecule has 0 atom stereocenters. The lowest BCUT2D eigenvalue weighted by molar-refractivity contribution is 0.100. The van der Waals surface area contributed by atoms with Gasteiger partial charge >= 0.3 is 0 Å². The molecule has 4 nitrogen and oxygen atoms in total. The summed E-state index contributed by atoms with van der Waals surface area (Å²) in [5.41, 5.74) is 4.46. The number of pyridine rings is 1. The SMILES string of the molecule is CC(=O)c1cc(C#Cc2ccc(-c3ccc(Cl)cc3)cn2)ccc1OCCN1CCC(C)(C)CC1. The molecule has 2 aromatic carbocycles. The lowest BCUT2D eigenvalue weighted by atomic mass is 9.83. The van der Waals surface area contributed by atoms with Gasteiger partial charge in [0.25, 0.3) is 0 Å². The molecule has 1 aliphatic rings. The number of hydrogen-bond acceptors (Lipinski definition) is 4. The highest BCUT2D eigenvalue weighted by Gasteiger charge is 2.25. The largest absolute Gasteiger partial charge is 0.491 e. The summed E-state index contributed by atoms with van der Waals surface area (Å²) >= 11 is 5.97. The molecule has 1 saturated heterocycles. The molecule has 0 unspecified atom stereocenters. The van der Waals surface area contributed by atoms with Gasteiger partial charge in [-0.3, -0.25) is 9.69 Å². The number of nitrogens with zero attached hydrogens (tertiary/aromatic N) is 2. The first-order chi connectivity index (χ1) is 16.8. The van der Waals surface area contributed by atoms with Crippen LogP contribution in [0.15, 0.2) is 60.8 Å². The van der Waals surface area contributed by atoms with E-state index in [9.17, 15) is 4.79 Å². The molecule has 180 valence electrons. The molecule has 4 rings (SSSR count). The minimum absolute atomic E-state index is 0.0335. The molecule has 0 aliphatic carbocycles. The van der Waals surface area contributed by atoms with Crippen molar-refractivity contribution < 1.29 is 9.53 Å². The summed E-state index contributed by atoms with van der Waals surface area (Å²) in [7, 11) is 0. The molecule has 0 spiro atoms. The number of piperidine rings is 1. The standard InChI is InChI=1S/C30H31ClN2O2/c1-22(34)28-20-23(5-13-29(28)35-19-18-33-16-14-30(2,3)15-17-33)4-11-27-12-8-25(21-32-27)24-6-9-26(31)10-7-24/h5-10,12-13,20-21H,14-19H2,1-3H3. The third-order valence-corrected chi connectivity index (χ3v) is 6.76. The zero-order valence-electron chi connectivity index (χ0n) is 20.6. The predicted octanol–water partition coefficient (Wildman–Crippen LogP) is 6.51. The fraction of sp³-hybridized carbons (Fsp3) is 0.333. The van der Waals surface area contributed by atoms with E-state index in [0.29, 0.717) is 34.1 Å². The molecule has 0 saturated carbocycles. The molecule has 1 aromatic heterocycles. The second-order valence-corrected chi connectivity index (χ2v) is 10.2. The van der Waals surface area contributed by atoms with Crippen LogP contribution in [0.3, 0.4) is 0 Å². The Balaban J connectivity index is 1.39. The first-order valence-corrected chi connectivity index (χ1v) is 12.4. The highest BCUT2D eigenvalue weighted by atomic mass is 35.5. The Kier molecular flexibility index (Phi) is 7.90. The van der Waals surface area contributed by atoms with Crippen LogP contribution < -0.4 is 4.74 Å². The van der Waals surface area contributed by atoms with E-state index < -0.39 is 0 Å². The Morgan fingerprint density at radius 2 is 1.74 bits per heavy atom. The van der Waals surface area contributed by atoms with Gasteiger partial charge in [0.2, 0.25) is 0 Å². The van der Waals surface area contributed by atoms with E-state index in [2.05, 4.69) is 35.6 Å². The van der Waals surface area contributed by atoms with Crippen LogP contribution in [0.4, 0.5) is 0 Å². The van der Waals surface area contributed by atoms with E-state index in [1.165, 1.54) is 12.8 Å². The molecule has 35 heavy (non-hydrogen) atoms. The molecule has 0 radical (unpaired) electrons.